The van der Waals surface area contributed by atoms with E-state index >= 15 is 0 Å². The molecule has 0 radical (unpaired) electrons. The standard InChI is InChI=1S/C12H13FN2O/c1-8-5-9(3-4-11(8)13)12-6-10(7-16)14-15(12)2/h3-6,16H,7H2,1-2H3. The highest BCUT2D eigenvalue weighted by atomic mass is 19.1. The lowest BCUT2D eigenvalue weighted by Gasteiger charge is -2.03. The van der Waals surface area contributed by atoms with E-state index in [1.165, 1.54) is 6.07 Å². The lowest BCUT2D eigenvalue weighted by molar-refractivity contribution is 0.275. The van der Waals surface area contributed by atoms with Gasteiger partial charge in [0.25, 0.3) is 0 Å². The predicted molar refractivity (Wildman–Crippen MR) is 59.3 cm³/mol. The zero-order chi connectivity index (χ0) is 11.7. The fourth-order valence-corrected chi connectivity index (χ4v) is 1.68. The van der Waals surface area contributed by atoms with E-state index in [4.69, 9.17) is 5.11 Å². The van der Waals surface area contributed by atoms with Crippen LogP contribution in [0.1, 0.15) is 11.3 Å². The van der Waals surface area contributed by atoms with Crippen molar-refractivity contribution in [3.63, 3.8) is 0 Å². The van der Waals surface area contributed by atoms with Crippen LogP contribution >= 0.6 is 0 Å². The van der Waals surface area contributed by atoms with Crippen LogP contribution in [-0.4, -0.2) is 14.9 Å². The van der Waals surface area contributed by atoms with E-state index < -0.39 is 0 Å². The highest BCUT2D eigenvalue weighted by Crippen LogP contribution is 2.22. The number of aliphatic hydroxyl groups is 1. The lowest BCUT2D eigenvalue weighted by atomic mass is 10.1. The van der Waals surface area contributed by atoms with Crippen molar-refractivity contribution in [1.82, 2.24) is 9.78 Å². The minimum atomic E-state index is -0.215. The van der Waals surface area contributed by atoms with Gasteiger partial charge in [-0.1, -0.05) is 0 Å². The summed E-state index contributed by atoms with van der Waals surface area (Å²) >= 11 is 0. The Morgan fingerprint density at radius 3 is 2.69 bits per heavy atom. The molecule has 0 aliphatic heterocycles. The van der Waals surface area contributed by atoms with E-state index in [1.807, 2.05) is 0 Å². The average Bonchev–Trinajstić information content (AvgIpc) is 2.64. The minimum absolute atomic E-state index is 0.0893. The maximum atomic E-state index is 13.1. The molecule has 16 heavy (non-hydrogen) atoms. The van der Waals surface area contributed by atoms with Gasteiger partial charge in [-0.3, -0.25) is 4.68 Å². The highest BCUT2D eigenvalue weighted by molar-refractivity contribution is 5.61. The summed E-state index contributed by atoms with van der Waals surface area (Å²) in [5, 5.41) is 13.1. The summed E-state index contributed by atoms with van der Waals surface area (Å²) in [6.07, 6.45) is 0. The third-order valence-corrected chi connectivity index (χ3v) is 2.55. The van der Waals surface area contributed by atoms with Crippen LogP contribution < -0.4 is 0 Å². The van der Waals surface area contributed by atoms with Crippen molar-refractivity contribution in [1.29, 1.82) is 0 Å². The van der Waals surface area contributed by atoms with Crippen LogP contribution in [0, 0.1) is 12.7 Å². The van der Waals surface area contributed by atoms with E-state index in [-0.39, 0.29) is 12.4 Å². The van der Waals surface area contributed by atoms with Gasteiger partial charge in [-0.2, -0.15) is 5.10 Å². The molecule has 84 valence electrons. The van der Waals surface area contributed by atoms with Gasteiger partial charge in [-0.05, 0) is 36.8 Å². The van der Waals surface area contributed by atoms with E-state index in [2.05, 4.69) is 5.10 Å². The number of rotatable bonds is 2. The highest BCUT2D eigenvalue weighted by Gasteiger charge is 2.08. The molecule has 0 aliphatic carbocycles. The van der Waals surface area contributed by atoms with Crippen molar-refractivity contribution < 1.29 is 9.50 Å². The Morgan fingerprint density at radius 2 is 2.12 bits per heavy atom. The summed E-state index contributed by atoms with van der Waals surface area (Å²) in [4.78, 5) is 0. The molecule has 0 atom stereocenters. The zero-order valence-electron chi connectivity index (χ0n) is 9.24. The zero-order valence-corrected chi connectivity index (χ0v) is 9.24. The summed E-state index contributed by atoms with van der Waals surface area (Å²) in [6, 6.07) is 6.72. The molecule has 1 aromatic carbocycles. The first kappa shape index (κ1) is 10.8. The molecule has 0 spiro atoms. The lowest BCUT2D eigenvalue weighted by Crippen LogP contribution is -1.95. The molecule has 2 rings (SSSR count). The number of aliphatic hydroxyl groups excluding tert-OH is 1. The monoisotopic (exact) mass is 220 g/mol. The van der Waals surface area contributed by atoms with Gasteiger partial charge >= 0.3 is 0 Å². The van der Waals surface area contributed by atoms with E-state index in [0.29, 0.717) is 11.3 Å². The van der Waals surface area contributed by atoms with Crippen molar-refractivity contribution in [3.05, 3.63) is 41.3 Å². The Bertz CT molecular complexity index is 520. The van der Waals surface area contributed by atoms with Crippen LogP contribution in [0.15, 0.2) is 24.3 Å². The molecule has 1 aromatic heterocycles. The maximum absolute atomic E-state index is 13.1. The summed E-state index contributed by atoms with van der Waals surface area (Å²) in [5.74, 6) is -0.215. The van der Waals surface area contributed by atoms with Crippen molar-refractivity contribution >= 4 is 0 Å². The molecule has 0 fully saturated rings. The average molecular weight is 220 g/mol. The molecule has 1 heterocycles. The number of aromatic nitrogens is 2. The number of hydrogen-bond acceptors (Lipinski definition) is 2. The predicted octanol–water partition coefficient (Wildman–Crippen LogP) is 2.03. The second kappa shape index (κ2) is 4.06. The van der Waals surface area contributed by atoms with Crippen molar-refractivity contribution in [2.75, 3.05) is 0 Å². The summed E-state index contributed by atoms with van der Waals surface area (Å²) in [7, 11) is 1.80. The number of nitrogens with zero attached hydrogens (tertiary/aromatic N) is 2. The van der Waals surface area contributed by atoms with Gasteiger partial charge in [0.05, 0.1) is 18.0 Å². The smallest absolute Gasteiger partial charge is 0.126 e. The Kier molecular flexibility index (Phi) is 2.75. The molecule has 0 saturated carbocycles. The normalized spacial score (nSPS) is 10.8. The van der Waals surface area contributed by atoms with Gasteiger partial charge in [-0.25, -0.2) is 4.39 Å². The van der Waals surface area contributed by atoms with Crippen molar-refractivity contribution in [3.8, 4) is 11.3 Å². The van der Waals surface area contributed by atoms with Gasteiger partial charge in [-0.15, -0.1) is 0 Å². The molecule has 0 unspecified atom stereocenters. The van der Waals surface area contributed by atoms with Crippen molar-refractivity contribution in [2.45, 2.75) is 13.5 Å². The quantitative estimate of drug-likeness (QED) is 0.840. The fraction of sp³-hybridized carbons (Fsp3) is 0.250. The minimum Gasteiger partial charge on any atom is -0.390 e. The third kappa shape index (κ3) is 1.84. The molecule has 0 amide bonds. The van der Waals surface area contributed by atoms with Gasteiger partial charge in [0.1, 0.15) is 5.82 Å². The topological polar surface area (TPSA) is 38.1 Å². The van der Waals surface area contributed by atoms with E-state index in [9.17, 15) is 4.39 Å². The van der Waals surface area contributed by atoms with Gasteiger partial charge < -0.3 is 5.11 Å². The second-order valence-corrected chi connectivity index (χ2v) is 3.77. The van der Waals surface area contributed by atoms with Gasteiger partial charge in [0.2, 0.25) is 0 Å². The summed E-state index contributed by atoms with van der Waals surface area (Å²) in [5.41, 5.74) is 2.98. The summed E-state index contributed by atoms with van der Waals surface area (Å²) in [6.45, 7) is 1.64. The second-order valence-electron chi connectivity index (χ2n) is 3.77. The number of benzene rings is 1. The van der Waals surface area contributed by atoms with Gasteiger partial charge in [0.15, 0.2) is 0 Å². The Hall–Kier alpha value is -1.68. The van der Waals surface area contributed by atoms with Crippen LogP contribution in [0.2, 0.25) is 0 Å². The summed E-state index contributed by atoms with van der Waals surface area (Å²) < 4.78 is 14.8. The SMILES string of the molecule is Cc1cc(-c2cc(CO)nn2C)ccc1F. The number of halogens is 1. The Labute approximate surface area is 93.2 Å². The van der Waals surface area contributed by atoms with E-state index in [1.54, 1.807) is 36.9 Å². The molecule has 1 N–H and O–H groups in total. The number of hydrogen-bond donors (Lipinski definition) is 1. The maximum Gasteiger partial charge on any atom is 0.126 e. The number of aryl methyl sites for hydroxylation is 2. The molecule has 2 aromatic rings. The first-order valence-electron chi connectivity index (χ1n) is 5.02. The van der Waals surface area contributed by atoms with Crippen LogP contribution in [0.4, 0.5) is 4.39 Å². The van der Waals surface area contributed by atoms with Crippen LogP contribution in [0.25, 0.3) is 11.3 Å². The fourth-order valence-electron chi connectivity index (χ4n) is 1.68. The molecule has 0 bridgehead atoms. The first-order chi connectivity index (χ1) is 7.61. The molecule has 0 aliphatic rings. The van der Waals surface area contributed by atoms with Crippen LogP contribution in [0.5, 0.6) is 0 Å². The van der Waals surface area contributed by atoms with Crippen LogP contribution in [-0.2, 0) is 13.7 Å². The van der Waals surface area contributed by atoms with Crippen molar-refractivity contribution in [2.24, 2.45) is 7.05 Å². The van der Waals surface area contributed by atoms with E-state index in [0.717, 1.165) is 11.3 Å². The molecular formula is C12H13FN2O. The Morgan fingerprint density at radius 1 is 1.38 bits per heavy atom. The first-order valence-corrected chi connectivity index (χ1v) is 5.02. The molecular weight excluding hydrogens is 207 g/mol. The molecule has 0 saturated heterocycles. The Balaban J connectivity index is 2.49. The molecule has 3 nitrogen and oxygen atoms in total. The molecule has 4 heteroatoms. The van der Waals surface area contributed by atoms with Gasteiger partial charge in [0, 0.05) is 12.6 Å². The largest absolute Gasteiger partial charge is 0.390 e. The third-order valence-electron chi connectivity index (χ3n) is 2.55. The van der Waals surface area contributed by atoms with Crippen LogP contribution in [0.3, 0.4) is 0 Å².